The zero-order valence-electron chi connectivity index (χ0n) is 17.1. The van der Waals surface area contributed by atoms with Gasteiger partial charge in [0.05, 0.1) is 24.0 Å². The first kappa shape index (κ1) is 21.2. The molecule has 8 nitrogen and oxygen atoms in total. The summed E-state index contributed by atoms with van der Waals surface area (Å²) in [5.74, 6) is -0.192. The van der Waals surface area contributed by atoms with Crippen LogP contribution in [0.2, 0.25) is 0 Å². The van der Waals surface area contributed by atoms with Gasteiger partial charge in [0, 0.05) is 33.1 Å². The topological polar surface area (TPSA) is 88.2 Å². The van der Waals surface area contributed by atoms with Crippen molar-refractivity contribution in [1.82, 2.24) is 4.90 Å². The summed E-state index contributed by atoms with van der Waals surface area (Å²) in [6.07, 6.45) is 0. The molecule has 0 aromatic heterocycles. The molecule has 1 aliphatic heterocycles. The standard InChI is InChI=1S/C22H25N3O5/c1-16(26)24-10-12-25(13-11-24)20-9-8-17(22(28)29-2)14-19(20)23-21(27)15-30-18-6-4-3-5-7-18/h3-9,14H,10-13,15H2,1-2H3,(H,23,27). The highest BCUT2D eigenvalue weighted by Crippen LogP contribution is 2.29. The maximum absolute atomic E-state index is 12.5. The Kier molecular flexibility index (Phi) is 6.90. The fourth-order valence-electron chi connectivity index (χ4n) is 3.27. The maximum Gasteiger partial charge on any atom is 0.337 e. The zero-order valence-corrected chi connectivity index (χ0v) is 17.1. The van der Waals surface area contributed by atoms with Crippen LogP contribution < -0.4 is 15.0 Å². The second-order valence-electron chi connectivity index (χ2n) is 6.87. The van der Waals surface area contributed by atoms with Crippen molar-refractivity contribution < 1.29 is 23.9 Å². The van der Waals surface area contributed by atoms with Gasteiger partial charge in [-0.3, -0.25) is 9.59 Å². The van der Waals surface area contributed by atoms with Crippen molar-refractivity contribution in [3.8, 4) is 5.75 Å². The van der Waals surface area contributed by atoms with Gasteiger partial charge >= 0.3 is 5.97 Å². The van der Waals surface area contributed by atoms with E-state index in [1.807, 2.05) is 18.2 Å². The summed E-state index contributed by atoms with van der Waals surface area (Å²) < 4.78 is 10.3. The Labute approximate surface area is 175 Å². The van der Waals surface area contributed by atoms with E-state index in [-0.39, 0.29) is 18.4 Å². The molecule has 2 aromatic rings. The number of ether oxygens (including phenoxy) is 2. The number of hydrogen-bond donors (Lipinski definition) is 1. The second kappa shape index (κ2) is 9.78. The zero-order chi connectivity index (χ0) is 21.5. The van der Waals surface area contributed by atoms with Gasteiger partial charge in [-0.05, 0) is 30.3 Å². The predicted molar refractivity (Wildman–Crippen MR) is 113 cm³/mol. The first-order chi connectivity index (χ1) is 14.5. The van der Waals surface area contributed by atoms with E-state index in [1.54, 1.807) is 42.2 Å². The van der Waals surface area contributed by atoms with Gasteiger partial charge in [-0.1, -0.05) is 18.2 Å². The molecule has 8 heteroatoms. The lowest BCUT2D eigenvalue weighted by Crippen LogP contribution is -2.48. The number of benzene rings is 2. The molecule has 3 rings (SSSR count). The molecule has 1 N–H and O–H groups in total. The van der Waals surface area contributed by atoms with Crippen LogP contribution in [0.15, 0.2) is 48.5 Å². The van der Waals surface area contributed by atoms with Crippen LogP contribution in [0.1, 0.15) is 17.3 Å². The molecular formula is C22H25N3O5. The van der Waals surface area contributed by atoms with Gasteiger partial charge in [-0.2, -0.15) is 0 Å². The molecule has 1 aliphatic rings. The smallest absolute Gasteiger partial charge is 0.337 e. The fraction of sp³-hybridized carbons (Fsp3) is 0.318. The summed E-state index contributed by atoms with van der Waals surface area (Å²) in [6.45, 7) is 3.83. The van der Waals surface area contributed by atoms with Crippen molar-refractivity contribution in [2.75, 3.05) is 50.1 Å². The third-order valence-electron chi connectivity index (χ3n) is 4.87. The van der Waals surface area contributed by atoms with E-state index in [2.05, 4.69) is 10.2 Å². The summed E-state index contributed by atoms with van der Waals surface area (Å²) in [7, 11) is 1.31. The lowest BCUT2D eigenvalue weighted by Gasteiger charge is -2.36. The number of nitrogens with one attached hydrogen (secondary N) is 1. The molecule has 1 saturated heterocycles. The highest BCUT2D eigenvalue weighted by molar-refractivity contribution is 5.98. The molecule has 0 aliphatic carbocycles. The van der Waals surface area contributed by atoms with Crippen molar-refractivity contribution in [2.45, 2.75) is 6.92 Å². The Bertz CT molecular complexity index is 908. The molecule has 2 aromatic carbocycles. The minimum atomic E-state index is -0.487. The summed E-state index contributed by atoms with van der Waals surface area (Å²) in [6, 6.07) is 14.1. The van der Waals surface area contributed by atoms with Crippen LogP contribution in [-0.2, 0) is 14.3 Å². The van der Waals surface area contributed by atoms with Crippen LogP contribution in [0.3, 0.4) is 0 Å². The van der Waals surface area contributed by atoms with Gasteiger partial charge in [0.25, 0.3) is 5.91 Å². The van der Waals surface area contributed by atoms with Gasteiger partial charge in [0.15, 0.2) is 6.61 Å². The van der Waals surface area contributed by atoms with E-state index in [9.17, 15) is 14.4 Å². The van der Waals surface area contributed by atoms with Gasteiger partial charge in [0.2, 0.25) is 5.91 Å². The molecule has 0 bridgehead atoms. The molecular weight excluding hydrogens is 386 g/mol. The third-order valence-corrected chi connectivity index (χ3v) is 4.87. The summed E-state index contributed by atoms with van der Waals surface area (Å²) >= 11 is 0. The maximum atomic E-state index is 12.5. The molecule has 30 heavy (non-hydrogen) atoms. The molecule has 158 valence electrons. The Balaban J connectivity index is 1.75. The van der Waals surface area contributed by atoms with Crippen LogP contribution in [0, 0.1) is 0 Å². The van der Waals surface area contributed by atoms with Crippen LogP contribution in [0.4, 0.5) is 11.4 Å². The van der Waals surface area contributed by atoms with E-state index in [0.29, 0.717) is 43.2 Å². The molecule has 0 spiro atoms. The van der Waals surface area contributed by atoms with Gasteiger partial charge in [0.1, 0.15) is 5.75 Å². The Morgan fingerprint density at radius 3 is 2.33 bits per heavy atom. The third kappa shape index (κ3) is 5.28. The highest BCUT2D eigenvalue weighted by atomic mass is 16.5. The number of amides is 2. The van der Waals surface area contributed by atoms with Gasteiger partial charge < -0.3 is 24.6 Å². The molecule has 0 unspecified atom stereocenters. The van der Waals surface area contributed by atoms with Gasteiger partial charge in [-0.15, -0.1) is 0 Å². The van der Waals surface area contributed by atoms with Crippen molar-refractivity contribution in [3.63, 3.8) is 0 Å². The molecule has 0 saturated carbocycles. The molecule has 0 atom stereocenters. The van der Waals surface area contributed by atoms with E-state index in [4.69, 9.17) is 9.47 Å². The number of piperazine rings is 1. The minimum Gasteiger partial charge on any atom is -0.484 e. The summed E-state index contributed by atoms with van der Waals surface area (Å²) in [5, 5.41) is 2.84. The normalized spacial score (nSPS) is 13.5. The average Bonchev–Trinajstić information content (AvgIpc) is 2.78. The Morgan fingerprint density at radius 1 is 1.00 bits per heavy atom. The van der Waals surface area contributed by atoms with Crippen LogP contribution in [-0.4, -0.2) is 62.6 Å². The number of rotatable bonds is 6. The van der Waals surface area contributed by atoms with E-state index >= 15 is 0 Å². The number of anilines is 2. The lowest BCUT2D eigenvalue weighted by atomic mass is 10.1. The lowest BCUT2D eigenvalue weighted by molar-refractivity contribution is -0.129. The van der Waals surface area contributed by atoms with Gasteiger partial charge in [-0.25, -0.2) is 4.79 Å². The number of methoxy groups -OCH3 is 1. The largest absolute Gasteiger partial charge is 0.484 e. The predicted octanol–water partition coefficient (Wildman–Crippen LogP) is 2.16. The number of para-hydroxylation sites is 1. The number of esters is 1. The number of carbonyl (C=O) groups excluding carboxylic acids is 3. The second-order valence-corrected chi connectivity index (χ2v) is 6.87. The van der Waals surface area contributed by atoms with E-state index in [1.165, 1.54) is 7.11 Å². The SMILES string of the molecule is COC(=O)c1ccc(N2CCN(C(C)=O)CC2)c(NC(=O)COc2ccccc2)c1. The van der Waals surface area contributed by atoms with Crippen LogP contribution in [0.25, 0.3) is 0 Å². The van der Waals surface area contributed by atoms with Crippen LogP contribution >= 0.6 is 0 Å². The van der Waals surface area contributed by atoms with Crippen LogP contribution in [0.5, 0.6) is 5.75 Å². The highest BCUT2D eigenvalue weighted by Gasteiger charge is 2.22. The molecule has 0 radical (unpaired) electrons. The first-order valence-corrected chi connectivity index (χ1v) is 9.68. The van der Waals surface area contributed by atoms with E-state index in [0.717, 1.165) is 5.69 Å². The average molecular weight is 411 g/mol. The number of carbonyl (C=O) groups is 3. The van der Waals surface area contributed by atoms with E-state index < -0.39 is 5.97 Å². The minimum absolute atomic E-state index is 0.0438. The fourth-order valence-corrected chi connectivity index (χ4v) is 3.27. The van der Waals surface area contributed by atoms with Crippen molar-refractivity contribution in [2.24, 2.45) is 0 Å². The summed E-state index contributed by atoms with van der Waals surface area (Å²) in [4.78, 5) is 39.9. The quantitative estimate of drug-likeness (QED) is 0.733. The number of hydrogen-bond acceptors (Lipinski definition) is 6. The summed E-state index contributed by atoms with van der Waals surface area (Å²) in [5.41, 5.74) is 1.61. The molecule has 1 heterocycles. The Morgan fingerprint density at radius 2 is 1.70 bits per heavy atom. The molecule has 1 fully saturated rings. The van der Waals surface area contributed by atoms with Crippen molar-refractivity contribution in [1.29, 1.82) is 0 Å². The number of nitrogens with zero attached hydrogens (tertiary/aromatic N) is 2. The monoisotopic (exact) mass is 411 g/mol. The molecule has 2 amide bonds. The Hall–Kier alpha value is -3.55. The van der Waals surface area contributed by atoms with Crippen molar-refractivity contribution in [3.05, 3.63) is 54.1 Å². The van der Waals surface area contributed by atoms with Crippen molar-refractivity contribution >= 4 is 29.2 Å². The first-order valence-electron chi connectivity index (χ1n) is 9.68.